The molecule has 1 saturated heterocycles. The summed E-state index contributed by atoms with van der Waals surface area (Å²) in [5, 5.41) is 9.46. The zero-order valence-electron chi connectivity index (χ0n) is 18.2. The second-order valence-corrected chi connectivity index (χ2v) is 8.91. The van der Waals surface area contributed by atoms with E-state index in [0.717, 1.165) is 0 Å². The number of thioether (sulfide) groups is 1. The molecule has 0 radical (unpaired) electrons. The van der Waals surface area contributed by atoms with E-state index in [4.69, 9.17) is 9.47 Å². The van der Waals surface area contributed by atoms with Gasteiger partial charge in [0, 0.05) is 23.8 Å². The highest BCUT2D eigenvalue weighted by molar-refractivity contribution is 8.00. The molecule has 0 aliphatic carbocycles. The van der Waals surface area contributed by atoms with Crippen molar-refractivity contribution in [1.29, 1.82) is 0 Å². The third-order valence-corrected chi connectivity index (χ3v) is 6.53. The zero-order valence-corrected chi connectivity index (χ0v) is 19.0. The van der Waals surface area contributed by atoms with Crippen molar-refractivity contribution in [3.05, 3.63) is 54.1 Å². The Balaban J connectivity index is 1.57. The van der Waals surface area contributed by atoms with Gasteiger partial charge in [-0.15, -0.1) is 11.8 Å². The Morgan fingerprint density at radius 1 is 1.16 bits per heavy atom. The first-order chi connectivity index (χ1) is 14.9. The number of hydrogen-bond donors (Lipinski definition) is 3. The maximum absolute atomic E-state index is 12.7. The molecule has 31 heavy (non-hydrogen) atoms. The minimum absolute atomic E-state index is 0.0702. The minimum Gasteiger partial charge on any atom is -0.497 e. The van der Waals surface area contributed by atoms with Gasteiger partial charge in [0.1, 0.15) is 17.0 Å². The molecule has 2 aromatic carbocycles. The van der Waals surface area contributed by atoms with Gasteiger partial charge < -0.3 is 20.1 Å². The number of hydrogen-bond acceptors (Lipinski definition) is 6. The van der Waals surface area contributed by atoms with Gasteiger partial charge in [0.15, 0.2) is 0 Å². The number of anilines is 1. The Hall–Kier alpha value is -2.71. The van der Waals surface area contributed by atoms with Crippen molar-refractivity contribution in [2.45, 2.75) is 37.1 Å². The van der Waals surface area contributed by atoms with Crippen molar-refractivity contribution < 1.29 is 19.1 Å². The van der Waals surface area contributed by atoms with Crippen molar-refractivity contribution >= 4 is 29.3 Å². The van der Waals surface area contributed by atoms with Gasteiger partial charge in [-0.25, -0.2) is 0 Å². The Morgan fingerprint density at radius 2 is 1.90 bits per heavy atom. The molecular formula is C23H29N3O4S. The summed E-state index contributed by atoms with van der Waals surface area (Å²) in [6.07, 6.45) is 0.0702. The van der Waals surface area contributed by atoms with E-state index >= 15 is 0 Å². The molecule has 3 N–H and O–H groups in total. The van der Waals surface area contributed by atoms with Crippen LogP contribution in [0.3, 0.4) is 0 Å². The average molecular weight is 444 g/mol. The fourth-order valence-electron chi connectivity index (χ4n) is 3.51. The van der Waals surface area contributed by atoms with Gasteiger partial charge in [-0.2, -0.15) is 0 Å². The number of carbonyl (C=O) groups excluding carboxylic acids is 2. The molecule has 1 fully saturated rings. The molecule has 0 aromatic heterocycles. The summed E-state index contributed by atoms with van der Waals surface area (Å²) in [7, 11) is 3.09. The van der Waals surface area contributed by atoms with Crippen LogP contribution >= 0.6 is 11.8 Å². The van der Waals surface area contributed by atoms with Crippen LogP contribution in [0.2, 0.25) is 0 Å². The standard InChI is InChI=1S/C23H29N3O4S/c1-14-18(13-21(27)25-19-11-10-17(29-3)12-20(19)30-4)22(28)26-23(24-14)31-15(2)16-8-6-5-7-9-16/h5-12,14-15,18,23-24H,13H2,1-4H3,(H,25,27)(H,26,28). The van der Waals surface area contributed by atoms with Gasteiger partial charge >= 0.3 is 0 Å². The highest BCUT2D eigenvalue weighted by atomic mass is 32.2. The molecule has 8 heteroatoms. The lowest BCUT2D eigenvalue weighted by Gasteiger charge is -2.36. The number of rotatable bonds is 8. The summed E-state index contributed by atoms with van der Waals surface area (Å²) in [5.74, 6) is 0.293. The van der Waals surface area contributed by atoms with E-state index in [1.54, 1.807) is 37.1 Å². The summed E-state index contributed by atoms with van der Waals surface area (Å²) >= 11 is 1.64. The predicted octanol–water partition coefficient (Wildman–Crippen LogP) is 3.53. The highest BCUT2D eigenvalue weighted by Gasteiger charge is 2.35. The van der Waals surface area contributed by atoms with Crippen LogP contribution in [-0.2, 0) is 9.59 Å². The van der Waals surface area contributed by atoms with E-state index in [1.165, 1.54) is 12.7 Å². The van der Waals surface area contributed by atoms with E-state index in [2.05, 4.69) is 35.0 Å². The third-order valence-electron chi connectivity index (χ3n) is 5.33. The summed E-state index contributed by atoms with van der Waals surface area (Å²) in [6.45, 7) is 4.05. The van der Waals surface area contributed by atoms with Gasteiger partial charge in [-0.1, -0.05) is 30.3 Å². The van der Waals surface area contributed by atoms with E-state index in [-0.39, 0.29) is 35.0 Å². The molecule has 1 aliphatic heterocycles. The van der Waals surface area contributed by atoms with Crippen LogP contribution in [0.15, 0.2) is 48.5 Å². The molecule has 166 valence electrons. The van der Waals surface area contributed by atoms with E-state index in [9.17, 15) is 9.59 Å². The number of carbonyl (C=O) groups is 2. The molecule has 0 saturated carbocycles. The molecule has 1 aliphatic rings. The maximum atomic E-state index is 12.7. The largest absolute Gasteiger partial charge is 0.497 e. The van der Waals surface area contributed by atoms with E-state index < -0.39 is 5.92 Å². The average Bonchev–Trinajstić information content (AvgIpc) is 2.77. The fourth-order valence-corrected chi connectivity index (χ4v) is 4.71. The molecule has 0 spiro atoms. The zero-order chi connectivity index (χ0) is 22.4. The van der Waals surface area contributed by atoms with E-state index in [1.807, 2.05) is 25.1 Å². The van der Waals surface area contributed by atoms with Gasteiger partial charge in [-0.3, -0.25) is 14.9 Å². The van der Waals surface area contributed by atoms with Crippen molar-refractivity contribution in [3.63, 3.8) is 0 Å². The third kappa shape index (κ3) is 5.92. The molecule has 4 atom stereocenters. The van der Waals surface area contributed by atoms with Crippen molar-refractivity contribution in [3.8, 4) is 11.5 Å². The molecule has 0 bridgehead atoms. The molecule has 2 aromatic rings. The van der Waals surface area contributed by atoms with Crippen LogP contribution < -0.4 is 25.4 Å². The molecule has 4 unspecified atom stereocenters. The second kappa shape index (κ2) is 10.5. The lowest BCUT2D eigenvalue weighted by Crippen LogP contribution is -2.59. The summed E-state index contributed by atoms with van der Waals surface area (Å²) in [5.41, 5.74) is 1.53. The normalized spacial score (nSPS) is 21.7. The maximum Gasteiger partial charge on any atom is 0.227 e. The van der Waals surface area contributed by atoms with Gasteiger partial charge in [-0.05, 0) is 31.5 Å². The van der Waals surface area contributed by atoms with Gasteiger partial charge in [0.2, 0.25) is 11.8 Å². The Labute approximate surface area is 187 Å². The topological polar surface area (TPSA) is 88.7 Å². The first-order valence-electron chi connectivity index (χ1n) is 10.2. The minimum atomic E-state index is -0.465. The van der Waals surface area contributed by atoms with Crippen LogP contribution in [0.1, 0.15) is 31.1 Å². The lowest BCUT2D eigenvalue weighted by molar-refractivity contribution is -0.131. The van der Waals surface area contributed by atoms with Crippen LogP contribution in [-0.4, -0.2) is 37.6 Å². The molecule has 1 heterocycles. The van der Waals surface area contributed by atoms with Crippen molar-refractivity contribution in [2.24, 2.45) is 5.92 Å². The first-order valence-corrected chi connectivity index (χ1v) is 11.1. The number of benzene rings is 2. The first kappa shape index (κ1) is 23.0. The Morgan fingerprint density at radius 3 is 2.55 bits per heavy atom. The second-order valence-electron chi connectivity index (χ2n) is 7.46. The van der Waals surface area contributed by atoms with Gasteiger partial charge in [0.25, 0.3) is 0 Å². The number of amides is 2. The van der Waals surface area contributed by atoms with Crippen LogP contribution in [0.5, 0.6) is 11.5 Å². The fraction of sp³-hybridized carbons (Fsp3) is 0.391. The van der Waals surface area contributed by atoms with Crippen LogP contribution in [0.4, 0.5) is 5.69 Å². The summed E-state index contributed by atoms with van der Waals surface area (Å²) in [6, 6.07) is 15.2. The Bertz CT molecular complexity index is 909. The van der Waals surface area contributed by atoms with E-state index in [0.29, 0.717) is 17.2 Å². The highest BCUT2D eigenvalue weighted by Crippen LogP contribution is 2.32. The molecular weight excluding hydrogens is 414 g/mol. The predicted molar refractivity (Wildman–Crippen MR) is 123 cm³/mol. The van der Waals surface area contributed by atoms with Crippen LogP contribution in [0, 0.1) is 5.92 Å². The smallest absolute Gasteiger partial charge is 0.227 e. The van der Waals surface area contributed by atoms with Gasteiger partial charge in [0.05, 0.1) is 25.8 Å². The van der Waals surface area contributed by atoms with Crippen LogP contribution in [0.25, 0.3) is 0 Å². The Kier molecular flexibility index (Phi) is 7.81. The number of nitrogens with one attached hydrogen (secondary N) is 3. The quantitative estimate of drug-likeness (QED) is 0.578. The van der Waals surface area contributed by atoms with Crippen molar-refractivity contribution in [2.75, 3.05) is 19.5 Å². The summed E-state index contributed by atoms with van der Waals surface area (Å²) < 4.78 is 10.5. The monoisotopic (exact) mass is 443 g/mol. The molecule has 2 amide bonds. The number of methoxy groups -OCH3 is 2. The molecule has 3 rings (SSSR count). The SMILES string of the molecule is COc1ccc(NC(=O)CC2C(=O)NC(SC(C)c3ccccc3)NC2C)c(OC)c1. The lowest BCUT2D eigenvalue weighted by atomic mass is 9.94. The number of ether oxygens (including phenoxy) is 2. The van der Waals surface area contributed by atoms with Crippen molar-refractivity contribution in [1.82, 2.24) is 10.6 Å². The molecule has 7 nitrogen and oxygen atoms in total. The summed E-state index contributed by atoms with van der Waals surface area (Å²) in [4.78, 5) is 25.4.